The van der Waals surface area contributed by atoms with E-state index in [1.165, 1.54) is 12.0 Å². The second-order valence-electron chi connectivity index (χ2n) is 6.27. The fourth-order valence-electron chi connectivity index (χ4n) is 2.70. The lowest BCUT2D eigenvalue weighted by Gasteiger charge is -2.39. The van der Waals surface area contributed by atoms with Crippen molar-refractivity contribution in [3.05, 3.63) is 22.8 Å². The fourth-order valence-corrected chi connectivity index (χ4v) is 2.70. The molecule has 2 rings (SSSR count). The van der Waals surface area contributed by atoms with Crippen molar-refractivity contribution in [3.63, 3.8) is 0 Å². The van der Waals surface area contributed by atoms with E-state index in [1.807, 2.05) is 0 Å². The molecule has 1 heterocycles. The molecule has 112 valence electrons. The molecule has 4 heteroatoms. The summed E-state index contributed by atoms with van der Waals surface area (Å²) in [6, 6.07) is 0. The van der Waals surface area contributed by atoms with Crippen LogP contribution in [0, 0.1) is 19.8 Å². The molecule has 0 aliphatic heterocycles. The average Bonchev–Trinajstić information content (AvgIpc) is 2.31. The minimum atomic E-state index is -0.223. The molecule has 1 aliphatic carbocycles. The van der Waals surface area contributed by atoms with Crippen molar-refractivity contribution in [3.8, 4) is 0 Å². The van der Waals surface area contributed by atoms with E-state index >= 15 is 0 Å². The number of nitrogens with one attached hydrogen (secondary N) is 1. The summed E-state index contributed by atoms with van der Waals surface area (Å²) in [7, 11) is 1.77. The molecule has 1 aliphatic rings. The molecule has 0 radical (unpaired) electrons. The molecule has 0 saturated heterocycles. The first-order chi connectivity index (χ1) is 9.48. The topological polar surface area (TPSA) is 47.0 Å². The number of ether oxygens (including phenoxy) is 1. The third-order valence-electron chi connectivity index (χ3n) is 4.23. The summed E-state index contributed by atoms with van der Waals surface area (Å²) in [6.07, 6.45) is 3.27. The molecule has 0 atom stereocenters. The van der Waals surface area contributed by atoms with Gasteiger partial charge < -0.3 is 10.1 Å². The van der Waals surface area contributed by atoms with Gasteiger partial charge >= 0.3 is 0 Å². The van der Waals surface area contributed by atoms with Crippen LogP contribution in [0.1, 0.15) is 55.9 Å². The molecule has 0 spiro atoms. The van der Waals surface area contributed by atoms with Gasteiger partial charge in [0, 0.05) is 30.6 Å². The van der Waals surface area contributed by atoms with Crippen molar-refractivity contribution in [2.24, 2.45) is 5.92 Å². The van der Waals surface area contributed by atoms with Gasteiger partial charge in [-0.1, -0.05) is 13.8 Å². The van der Waals surface area contributed by atoms with Crippen LogP contribution in [-0.2, 0) is 16.9 Å². The fraction of sp³-hybridized carbons (Fsp3) is 0.750. The van der Waals surface area contributed by atoms with Gasteiger partial charge in [-0.3, -0.25) is 0 Å². The van der Waals surface area contributed by atoms with Crippen molar-refractivity contribution >= 4 is 0 Å². The zero-order valence-electron chi connectivity index (χ0n) is 13.4. The number of rotatable bonds is 6. The highest BCUT2D eigenvalue weighted by atomic mass is 16.5. The second kappa shape index (κ2) is 6.19. The Morgan fingerprint density at radius 1 is 1.20 bits per heavy atom. The molecule has 20 heavy (non-hydrogen) atoms. The number of aryl methyl sites for hydroxylation is 2. The SMILES string of the molecule is COC1(c2nc(C)c(CNCC(C)C)c(C)n2)CCC1. The number of hydrogen-bond donors (Lipinski definition) is 1. The van der Waals surface area contributed by atoms with Crippen LogP contribution in [0.3, 0.4) is 0 Å². The lowest BCUT2D eigenvalue weighted by atomic mass is 9.79. The van der Waals surface area contributed by atoms with Gasteiger partial charge in [-0.05, 0) is 45.6 Å². The van der Waals surface area contributed by atoms with Crippen LogP contribution in [0.4, 0.5) is 0 Å². The standard InChI is InChI=1S/C16H27N3O/c1-11(2)9-17-10-14-12(3)18-15(19-13(14)4)16(20-5)7-6-8-16/h11,17H,6-10H2,1-5H3. The smallest absolute Gasteiger partial charge is 0.160 e. The third kappa shape index (κ3) is 3.01. The van der Waals surface area contributed by atoms with Crippen LogP contribution < -0.4 is 5.32 Å². The van der Waals surface area contributed by atoms with Crippen LogP contribution in [0.5, 0.6) is 0 Å². The number of methoxy groups -OCH3 is 1. The van der Waals surface area contributed by atoms with Gasteiger partial charge in [0.2, 0.25) is 0 Å². The molecule has 0 amide bonds. The monoisotopic (exact) mass is 277 g/mol. The summed E-state index contributed by atoms with van der Waals surface area (Å²) in [5.41, 5.74) is 3.15. The zero-order valence-corrected chi connectivity index (χ0v) is 13.4. The molecule has 1 aromatic rings. The number of nitrogens with zero attached hydrogens (tertiary/aromatic N) is 2. The Hall–Kier alpha value is -1.00. The highest BCUT2D eigenvalue weighted by Crippen LogP contribution is 2.42. The second-order valence-corrected chi connectivity index (χ2v) is 6.27. The normalized spacial score (nSPS) is 17.3. The van der Waals surface area contributed by atoms with E-state index in [0.717, 1.165) is 43.1 Å². The van der Waals surface area contributed by atoms with Crippen LogP contribution >= 0.6 is 0 Å². The maximum absolute atomic E-state index is 5.68. The highest BCUT2D eigenvalue weighted by molar-refractivity contribution is 5.26. The van der Waals surface area contributed by atoms with Crippen molar-refractivity contribution in [1.29, 1.82) is 0 Å². The lowest BCUT2D eigenvalue weighted by Crippen LogP contribution is -2.38. The molecule has 1 N–H and O–H groups in total. The molecule has 0 unspecified atom stereocenters. The predicted octanol–water partition coefficient (Wildman–Crippen LogP) is 2.86. The Balaban J connectivity index is 2.16. The Morgan fingerprint density at radius 2 is 1.80 bits per heavy atom. The van der Waals surface area contributed by atoms with Crippen molar-refractivity contribution in [1.82, 2.24) is 15.3 Å². The van der Waals surface area contributed by atoms with Crippen LogP contribution in [-0.4, -0.2) is 23.6 Å². The van der Waals surface area contributed by atoms with Gasteiger partial charge in [-0.25, -0.2) is 9.97 Å². The first-order valence-corrected chi connectivity index (χ1v) is 7.59. The Morgan fingerprint density at radius 3 is 2.20 bits per heavy atom. The van der Waals surface area contributed by atoms with Gasteiger partial charge in [0.25, 0.3) is 0 Å². The molecule has 4 nitrogen and oxygen atoms in total. The zero-order chi connectivity index (χ0) is 14.8. The summed E-state index contributed by atoms with van der Waals surface area (Å²) < 4.78 is 5.68. The van der Waals surface area contributed by atoms with E-state index in [0.29, 0.717) is 5.92 Å². The summed E-state index contributed by atoms with van der Waals surface area (Å²) in [4.78, 5) is 9.44. The maximum atomic E-state index is 5.68. The number of hydrogen-bond acceptors (Lipinski definition) is 4. The molecular weight excluding hydrogens is 250 g/mol. The quantitative estimate of drug-likeness (QED) is 0.868. The van der Waals surface area contributed by atoms with Gasteiger partial charge in [-0.15, -0.1) is 0 Å². The number of aromatic nitrogens is 2. The van der Waals surface area contributed by atoms with Crippen molar-refractivity contribution in [2.45, 2.75) is 59.1 Å². The third-order valence-corrected chi connectivity index (χ3v) is 4.23. The Labute approximate surface area is 122 Å². The van der Waals surface area contributed by atoms with Crippen molar-refractivity contribution in [2.75, 3.05) is 13.7 Å². The van der Waals surface area contributed by atoms with E-state index in [4.69, 9.17) is 14.7 Å². The van der Waals surface area contributed by atoms with E-state index in [-0.39, 0.29) is 5.60 Å². The molecular formula is C16H27N3O. The maximum Gasteiger partial charge on any atom is 0.160 e. The lowest BCUT2D eigenvalue weighted by molar-refractivity contribution is -0.0849. The minimum absolute atomic E-state index is 0.223. The van der Waals surface area contributed by atoms with Crippen molar-refractivity contribution < 1.29 is 4.74 Å². The molecule has 1 aromatic heterocycles. The highest BCUT2D eigenvalue weighted by Gasteiger charge is 2.42. The van der Waals surface area contributed by atoms with Crippen LogP contribution in [0.25, 0.3) is 0 Å². The first-order valence-electron chi connectivity index (χ1n) is 7.59. The van der Waals surface area contributed by atoms with E-state index in [9.17, 15) is 0 Å². The molecule has 1 fully saturated rings. The summed E-state index contributed by atoms with van der Waals surface area (Å²) in [6.45, 7) is 10.4. The van der Waals surface area contributed by atoms with E-state index in [2.05, 4.69) is 33.0 Å². The van der Waals surface area contributed by atoms with Gasteiger partial charge in [0.15, 0.2) is 5.82 Å². The minimum Gasteiger partial charge on any atom is -0.370 e. The first kappa shape index (κ1) is 15.4. The van der Waals surface area contributed by atoms with E-state index in [1.54, 1.807) is 7.11 Å². The molecule has 0 bridgehead atoms. The predicted molar refractivity (Wildman–Crippen MR) is 80.6 cm³/mol. The summed E-state index contributed by atoms with van der Waals surface area (Å²) in [5.74, 6) is 1.52. The summed E-state index contributed by atoms with van der Waals surface area (Å²) >= 11 is 0. The van der Waals surface area contributed by atoms with E-state index < -0.39 is 0 Å². The average molecular weight is 277 g/mol. The van der Waals surface area contributed by atoms with Gasteiger partial charge in [0.1, 0.15) is 5.60 Å². The summed E-state index contributed by atoms with van der Waals surface area (Å²) in [5, 5.41) is 3.47. The van der Waals surface area contributed by atoms with Crippen LogP contribution in [0.2, 0.25) is 0 Å². The van der Waals surface area contributed by atoms with Crippen LogP contribution in [0.15, 0.2) is 0 Å². The molecule has 0 aromatic carbocycles. The molecule has 1 saturated carbocycles. The van der Waals surface area contributed by atoms with Gasteiger partial charge in [-0.2, -0.15) is 0 Å². The Bertz CT molecular complexity index is 438. The Kier molecular flexibility index (Phi) is 4.76. The largest absolute Gasteiger partial charge is 0.370 e. The van der Waals surface area contributed by atoms with Gasteiger partial charge in [0.05, 0.1) is 0 Å².